The maximum Gasteiger partial charge on any atom is 0.231 e. The number of halogens is 1. The van der Waals surface area contributed by atoms with Crippen molar-refractivity contribution in [3.05, 3.63) is 23.5 Å². The van der Waals surface area contributed by atoms with Gasteiger partial charge in [-0.25, -0.2) is 4.39 Å². The van der Waals surface area contributed by atoms with Crippen molar-refractivity contribution in [3.8, 4) is 11.5 Å². The van der Waals surface area contributed by atoms with Gasteiger partial charge in [0.15, 0.2) is 11.6 Å². The molecule has 0 aliphatic carbocycles. The van der Waals surface area contributed by atoms with E-state index in [4.69, 9.17) is 9.47 Å². The zero-order valence-corrected chi connectivity index (χ0v) is 8.33. The molecule has 0 aromatic heterocycles. The largest absolute Gasteiger partial charge is 0.453 e. The van der Waals surface area contributed by atoms with E-state index in [0.29, 0.717) is 17.7 Å². The Morgan fingerprint density at radius 2 is 2.33 bits per heavy atom. The molecule has 1 atom stereocenters. The van der Waals surface area contributed by atoms with Crippen LogP contribution in [0, 0.1) is 5.82 Å². The van der Waals surface area contributed by atoms with E-state index < -0.39 is 5.82 Å². The molecule has 1 aromatic rings. The monoisotopic (exact) mass is 210 g/mol. The van der Waals surface area contributed by atoms with Crippen LogP contribution in [0.3, 0.4) is 0 Å². The first-order valence-corrected chi connectivity index (χ1v) is 4.75. The Hall–Kier alpha value is -1.58. The molecule has 1 aromatic carbocycles. The van der Waals surface area contributed by atoms with Gasteiger partial charge in [-0.15, -0.1) is 0 Å². The summed E-state index contributed by atoms with van der Waals surface area (Å²) >= 11 is 0. The van der Waals surface area contributed by atoms with Crippen LogP contribution in [-0.2, 0) is 4.79 Å². The maximum atomic E-state index is 13.8. The number of hydrogen-bond acceptors (Lipinski definition) is 3. The molecule has 3 nitrogen and oxygen atoms in total. The maximum absolute atomic E-state index is 13.8. The van der Waals surface area contributed by atoms with Crippen LogP contribution in [-0.4, -0.2) is 13.1 Å². The lowest BCUT2D eigenvalue weighted by Crippen LogP contribution is -1.99. The minimum atomic E-state index is -0.417. The third-order valence-corrected chi connectivity index (χ3v) is 2.49. The molecule has 0 radical (unpaired) electrons. The summed E-state index contributed by atoms with van der Waals surface area (Å²) in [6.07, 6.45) is 1.09. The van der Waals surface area contributed by atoms with Gasteiger partial charge in [-0.2, -0.15) is 0 Å². The van der Waals surface area contributed by atoms with Crippen LogP contribution < -0.4 is 9.47 Å². The number of benzene rings is 1. The lowest BCUT2D eigenvalue weighted by Gasteiger charge is -2.10. The standard InChI is InChI=1S/C11H11FO3/c1-7(4-5-13)8-2-3-9-11(10(8)12)15-6-14-9/h2-3,5,7H,4,6H2,1H3. The van der Waals surface area contributed by atoms with E-state index in [2.05, 4.69) is 0 Å². The quantitative estimate of drug-likeness (QED) is 0.718. The van der Waals surface area contributed by atoms with Crippen molar-refractivity contribution < 1.29 is 18.7 Å². The van der Waals surface area contributed by atoms with Gasteiger partial charge in [0.2, 0.25) is 12.5 Å². The molecule has 0 amide bonds. The molecular weight excluding hydrogens is 199 g/mol. The van der Waals surface area contributed by atoms with E-state index in [9.17, 15) is 9.18 Å². The highest BCUT2D eigenvalue weighted by atomic mass is 19.1. The van der Waals surface area contributed by atoms with Gasteiger partial charge in [0.25, 0.3) is 0 Å². The second-order valence-corrected chi connectivity index (χ2v) is 3.51. The van der Waals surface area contributed by atoms with Gasteiger partial charge in [0.1, 0.15) is 6.29 Å². The van der Waals surface area contributed by atoms with Crippen LogP contribution in [0.1, 0.15) is 24.8 Å². The second-order valence-electron chi connectivity index (χ2n) is 3.51. The van der Waals surface area contributed by atoms with Crippen LogP contribution in [0.5, 0.6) is 11.5 Å². The van der Waals surface area contributed by atoms with E-state index in [1.54, 1.807) is 19.1 Å². The lowest BCUT2D eigenvalue weighted by molar-refractivity contribution is -0.108. The van der Waals surface area contributed by atoms with Crippen molar-refractivity contribution in [1.29, 1.82) is 0 Å². The predicted octanol–water partition coefficient (Wildman–Crippen LogP) is 2.25. The van der Waals surface area contributed by atoms with Crippen molar-refractivity contribution in [2.45, 2.75) is 19.3 Å². The fourth-order valence-corrected chi connectivity index (χ4v) is 1.61. The molecule has 15 heavy (non-hydrogen) atoms. The van der Waals surface area contributed by atoms with E-state index in [0.717, 1.165) is 6.29 Å². The summed E-state index contributed by atoms with van der Waals surface area (Å²) in [7, 11) is 0. The Bertz CT molecular complexity index is 390. The van der Waals surface area contributed by atoms with Gasteiger partial charge in [0.05, 0.1) is 0 Å². The summed E-state index contributed by atoms with van der Waals surface area (Å²) in [5, 5.41) is 0. The number of ether oxygens (including phenoxy) is 2. The minimum Gasteiger partial charge on any atom is -0.453 e. The van der Waals surface area contributed by atoms with Gasteiger partial charge < -0.3 is 14.3 Å². The van der Waals surface area contributed by atoms with Crippen molar-refractivity contribution in [1.82, 2.24) is 0 Å². The molecular formula is C11H11FO3. The SMILES string of the molecule is CC(CC=O)c1ccc2c(c1F)OCO2. The second kappa shape index (κ2) is 3.88. The summed E-state index contributed by atoms with van der Waals surface area (Å²) in [5.74, 6) is 0.0242. The molecule has 0 bridgehead atoms. The van der Waals surface area contributed by atoms with Crippen molar-refractivity contribution in [2.75, 3.05) is 6.79 Å². The molecule has 1 aliphatic heterocycles. The number of rotatable bonds is 3. The third-order valence-electron chi connectivity index (χ3n) is 2.49. The number of carbonyl (C=O) groups is 1. The first kappa shape index (κ1) is 9.96. The Morgan fingerprint density at radius 1 is 1.53 bits per heavy atom. The van der Waals surface area contributed by atoms with Gasteiger partial charge in [-0.05, 0) is 17.5 Å². The highest BCUT2D eigenvalue weighted by Gasteiger charge is 2.23. The number of carbonyl (C=O) groups excluding carboxylic acids is 1. The molecule has 1 aliphatic rings. The highest BCUT2D eigenvalue weighted by Crippen LogP contribution is 2.38. The van der Waals surface area contributed by atoms with Crippen molar-refractivity contribution in [2.24, 2.45) is 0 Å². The average molecular weight is 210 g/mol. The number of aldehydes is 1. The molecule has 80 valence electrons. The fourth-order valence-electron chi connectivity index (χ4n) is 1.61. The summed E-state index contributed by atoms with van der Waals surface area (Å²) < 4.78 is 23.9. The Morgan fingerprint density at radius 3 is 3.07 bits per heavy atom. The molecule has 0 fully saturated rings. The first-order valence-electron chi connectivity index (χ1n) is 4.75. The first-order chi connectivity index (χ1) is 7.24. The Kier molecular flexibility index (Phi) is 2.58. The zero-order valence-electron chi connectivity index (χ0n) is 8.33. The van der Waals surface area contributed by atoms with E-state index in [1.165, 1.54) is 0 Å². The van der Waals surface area contributed by atoms with E-state index in [1.807, 2.05) is 0 Å². The molecule has 0 saturated carbocycles. The van der Waals surface area contributed by atoms with Gasteiger partial charge in [-0.1, -0.05) is 13.0 Å². The van der Waals surface area contributed by atoms with Gasteiger partial charge in [0, 0.05) is 6.42 Å². The normalized spacial score (nSPS) is 15.1. The minimum absolute atomic E-state index is 0.0533. The summed E-state index contributed by atoms with van der Waals surface area (Å²) in [5.41, 5.74) is 0.492. The lowest BCUT2D eigenvalue weighted by atomic mass is 9.97. The Labute approximate surface area is 86.8 Å². The van der Waals surface area contributed by atoms with Gasteiger partial charge in [-0.3, -0.25) is 0 Å². The number of hydrogen-bond donors (Lipinski definition) is 0. The van der Waals surface area contributed by atoms with Crippen LogP contribution in [0.4, 0.5) is 4.39 Å². The topological polar surface area (TPSA) is 35.5 Å². The third kappa shape index (κ3) is 1.67. The van der Waals surface area contributed by atoms with E-state index >= 15 is 0 Å². The van der Waals surface area contributed by atoms with Gasteiger partial charge >= 0.3 is 0 Å². The highest BCUT2D eigenvalue weighted by molar-refractivity contribution is 5.53. The van der Waals surface area contributed by atoms with Crippen molar-refractivity contribution >= 4 is 6.29 Å². The number of fused-ring (bicyclic) bond motifs is 1. The smallest absolute Gasteiger partial charge is 0.231 e. The van der Waals surface area contributed by atoms with Crippen LogP contribution in [0.2, 0.25) is 0 Å². The molecule has 4 heteroatoms. The molecule has 1 unspecified atom stereocenters. The zero-order chi connectivity index (χ0) is 10.8. The summed E-state index contributed by atoms with van der Waals surface area (Å²) in [6.45, 7) is 1.85. The molecule has 0 N–H and O–H groups in total. The van der Waals surface area contributed by atoms with Crippen LogP contribution >= 0.6 is 0 Å². The van der Waals surface area contributed by atoms with E-state index in [-0.39, 0.29) is 18.5 Å². The molecule has 0 saturated heterocycles. The summed E-state index contributed by atoms with van der Waals surface area (Å²) in [6, 6.07) is 3.30. The molecule has 2 rings (SSSR count). The molecule has 0 spiro atoms. The fraction of sp³-hybridized carbons (Fsp3) is 0.364. The summed E-state index contributed by atoms with van der Waals surface area (Å²) in [4.78, 5) is 10.4. The average Bonchev–Trinajstić information content (AvgIpc) is 2.67. The van der Waals surface area contributed by atoms with Crippen molar-refractivity contribution in [3.63, 3.8) is 0 Å². The predicted molar refractivity (Wildman–Crippen MR) is 51.6 cm³/mol. The van der Waals surface area contributed by atoms with Crippen LogP contribution in [0.25, 0.3) is 0 Å². The Balaban J connectivity index is 2.37. The molecule has 1 heterocycles. The van der Waals surface area contributed by atoms with Crippen LogP contribution in [0.15, 0.2) is 12.1 Å².